The molecule has 0 saturated carbocycles. The molecule has 0 rings (SSSR count). The van der Waals surface area contributed by atoms with E-state index in [-0.39, 0.29) is 31.9 Å². The second-order valence-corrected chi connectivity index (χ2v) is 2.59. The number of aliphatic carboxylic acids is 1. The van der Waals surface area contributed by atoms with Gasteiger partial charge in [-0.15, -0.1) is 0 Å². The summed E-state index contributed by atoms with van der Waals surface area (Å²) >= 11 is 0. The molecule has 0 fully saturated rings. The summed E-state index contributed by atoms with van der Waals surface area (Å²) in [4.78, 5) is 22.8. The second-order valence-electron chi connectivity index (χ2n) is 2.59. The molecular weight excluding hydrogens is 174 g/mol. The van der Waals surface area contributed by atoms with Crippen molar-refractivity contribution in [2.45, 2.75) is 19.8 Å². The van der Waals surface area contributed by atoms with E-state index in [2.05, 4.69) is 0 Å². The summed E-state index contributed by atoms with van der Waals surface area (Å²) in [6.45, 7) is 2.47. The van der Waals surface area contributed by atoms with E-state index < -0.39 is 5.97 Å². The first-order valence-electron chi connectivity index (χ1n) is 4.22. The highest BCUT2D eigenvalue weighted by Gasteiger charge is 2.11. The van der Waals surface area contributed by atoms with Crippen molar-refractivity contribution < 1.29 is 19.8 Å². The van der Waals surface area contributed by atoms with Crippen LogP contribution in [0.25, 0.3) is 0 Å². The average molecular weight is 189 g/mol. The Morgan fingerprint density at radius 3 is 2.31 bits per heavy atom. The molecule has 0 aromatic rings. The number of carboxylic acids is 1. The second kappa shape index (κ2) is 6.42. The van der Waals surface area contributed by atoms with Crippen LogP contribution in [0.5, 0.6) is 0 Å². The number of carboxylic acid groups (broad SMARTS) is 1. The molecule has 1 amide bonds. The van der Waals surface area contributed by atoms with Crippen LogP contribution >= 0.6 is 0 Å². The molecule has 0 aliphatic rings. The van der Waals surface area contributed by atoms with E-state index in [1.807, 2.05) is 0 Å². The number of amides is 1. The van der Waals surface area contributed by atoms with Crippen LogP contribution in [0.2, 0.25) is 0 Å². The zero-order valence-electron chi connectivity index (χ0n) is 7.69. The Morgan fingerprint density at radius 2 is 1.92 bits per heavy atom. The summed E-state index contributed by atoms with van der Waals surface area (Å²) in [5.41, 5.74) is 0. The summed E-state index contributed by atoms with van der Waals surface area (Å²) in [7, 11) is 0. The summed E-state index contributed by atoms with van der Waals surface area (Å²) < 4.78 is 0. The molecule has 0 aliphatic carbocycles. The van der Waals surface area contributed by atoms with Gasteiger partial charge in [-0.05, 0) is 6.92 Å². The van der Waals surface area contributed by atoms with Crippen LogP contribution in [-0.4, -0.2) is 46.7 Å². The van der Waals surface area contributed by atoms with Crippen LogP contribution in [0.3, 0.4) is 0 Å². The normalized spacial score (nSPS) is 9.69. The third kappa shape index (κ3) is 5.19. The van der Waals surface area contributed by atoms with Crippen molar-refractivity contribution in [3.63, 3.8) is 0 Å². The quantitative estimate of drug-likeness (QED) is 0.601. The molecule has 5 nitrogen and oxygen atoms in total. The number of likely N-dealkylation sites (N-methyl/N-ethyl adjacent to an activating group) is 1. The number of hydrogen-bond acceptors (Lipinski definition) is 3. The van der Waals surface area contributed by atoms with Crippen LogP contribution < -0.4 is 0 Å². The Labute approximate surface area is 77.0 Å². The van der Waals surface area contributed by atoms with E-state index in [1.54, 1.807) is 6.92 Å². The van der Waals surface area contributed by atoms with Gasteiger partial charge in [-0.3, -0.25) is 9.59 Å². The zero-order valence-corrected chi connectivity index (χ0v) is 7.69. The van der Waals surface area contributed by atoms with Crippen LogP contribution in [0.4, 0.5) is 0 Å². The van der Waals surface area contributed by atoms with Gasteiger partial charge in [-0.25, -0.2) is 0 Å². The Bertz CT molecular complexity index is 181. The Morgan fingerprint density at radius 1 is 1.31 bits per heavy atom. The highest BCUT2D eigenvalue weighted by atomic mass is 16.4. The molecule has 0 saturated heterocycles. The smallest absolute Gasteiger partial charge is 0.303 e. The van der Waals surface area contributed by atoms with Gasteiger partial charge in [0.1, 0.15) is 0 Å². The highest BCUT2D eigenvalue weighted by Crippen LogP contribution is 1.97. The van der Waals surface area contributed by atoms with Crippen molar-refractivity contribution in [1.29, 1.82) is 0 Å². The zero-order chi connectivity index (χ0) is 10.3. The standard InChI is InChI=1S/C8H15NO4/c1-2-9(5-6-10)7(11)3-4-8(12)13/h10H,2-6H2,1H3,(H,12,13). The van der Waals surface area contributed by atoms with Gasteiger partial charge in [-0.2, -0.15) is 0 Å². The van der Waals surface area contributed by atoms with Crippen LogP contribution in [0.15, 0.2) is 0 Å². The molecule has 0 spiro atoms. The maximum absolute atomic E-state index is 11.2. The molecule has 0 aromatic carbocycles. The highest BCUT2D eigenvalue weighted by molar-refractivity contribution is 5.80. The molecule has 0 heterocycles. The van der Waals surface area contributed by atoms with Crippen LogP contribution in [0.1, 0.15) is 19.8 Å². The lowest BCUT2D eigenvalue weighted by Gasteiger charge is -2.18. The van der Waals surface area contributed by atoms with E-state index in [4.69, 9.17) is 10.2 Å². The van der Waals surface area contributed by atoms with Gasteiger partial charge in [0.25, 0.3) is 0 Å². The molecule has 13 heavy (non-hydrogen) atoms. The minimum absolute atomic E-state index is 0.00315. The van der Waals surface area contributed by atoms with Gasteiger partial charge in [0.15, 0.2) is 0 Å². The van der Waals surface area contributed by atoms with E-state index >= 15 is 0 Å². The average Bonchev–Trinajstić information content (AvgIpc) is 2.10. The fourth-order valence-electron chi connectivity index (χ4n) is 0.952. The van der Waals surface area contributed by atoms with Gasteiger partial charge < -0.3 is 15.1 Å². The van der Waals surface area contributed by atoms with E-state index in [0.717, 1.165) is 0 Å². The summed E-state index contributed by atoms with van der Waals surface area (Å²) in [5.74, 6) is -1.20. The summed E-state index contributed by atoms with van der Waals surface area (Å²) in [6.07, 6.45) is -0.149. The van der Waals surface area contributed by atoms with Gasteiger partial charge in [0.2, 0.25) is 5.91 Å². The molecule has 2 N–H and O–H groups in total. The number of hydrogen-bond donors (Lipinski definition) is 2. The molecule has 0 aliphatic heterocycles. The van der Waals surface area contributed by atoms with Crippen LogP contribution in [0, 0.1) is 0 Å². The molecule has 0 radical (unpaired) electrons. The van der Waals surface area contributed by atoms with Crippen molar-refractivity contribution in [1.82, 2.24) is 4.90 Å². The largest absolute Gasteiger partial charge is 0.481 e. The first-order chi connectivity index (χ1) is 6.11. The lowest BCUT2D eigenvalue weighted by Crippen LogP contribution is -2.33. The molecule has 0 atom stereocenters. The Hall–Kier alpha value is -1.10. The minimum atomic E-state index is -0.978. The Balaban J connectivity index is 3.84. The molecule has 76 valence electrons. The summed E-state index contributed by atoms with van der Waals surface area (Å²) in [6, 6.07) is 0. The van der Waals surface area contributed by atoms with Crippen molar-refractivity contribution in [2.24, 2.45) is 0 Å². The van der Waals surface area contributed by atoms with E-state index in [1.165, 1.54) is 4.90 Å². The van der Waals surface area contributed by atoms with Crippen molar-refractivity contribution in [3.05, 3.63) is 0 Å². The number of carbonyl (C=O) groups excluding carboxylic acids is 1. The summed E-state index contributed by atoms with van der Waals surface area (Å²) in [5, 5.41) is 16.9. The SMILES string of the molecule is CCN(CCO)C(=O)CCC(=O)O. The molecule has 0 bridgehead atoms. The lowest BCUT2D eigenvalue weighted by atomic mass is 10.3. The van der Waals surface area contributed by atoms with Crippen molar-refractivity contribution >= 4 is 11.9 Å². The number of aliphatic hydroxyl groups excluding tert-OH is 1. The van der Waals surface area contributed by atoms with Crippen molar-refractivity contribution in [3.8, 4) is 0 Å². The lowest BCUT2D eigenvalue weighted by molar-refractivity contribution is -0.141. The Kier molecular flexibility index (Phi) is 5.88. The third-order valence-corrected chi connectivity index (χ3v) is 1.66. The molecular formula is C8H15NO4. The maximum atomic E-state index is 11.2. The number of rotatable bonds is 6. The molecule has 0 unspecified atom stereocenters. The first kappa shape index (κ1) is 11.9. The predicted molar refractivity (Wildman–Crippen MR) is 46.2 cm³/mol. The van der Waals surface area contributed by atoms with Gasteiger partial charge >= 0.3 is 5.97 Å². The third-order valence-electron chi connectivity index (χ3n) is 1.66. The van der Waals surface area contributed by atoms with Gasteiger partial charge in [0, 0.05) is 19.5 Å². The first-order valence-corrected chi connectivity index (χ1v) is 4.22. The van der Waals surface area contributed by atoms with Crippen molar-refractivity contribution in [2.75, 3.05) is 19.7 Å². The fourth-order valence-corrected chi connectivity index (χ4v) is 0.952. The van der Waals surface area contributed by atoms with Gasteiger partial charge in [-0.1, -0.05) is 0 Å². The van der Waals surface area contributed by atoms with E-state index in [9.17, 15) is 9.59 Å². The number of aliphatic hydroxyl groups is 1. The predicted octanol–water partition coefficient (Wildman–Crippen LogP) is -0.308. The minimum Gasteiger partial charge on any atom is -0.481 e. The topological polar surface area (TPSA) is 77.8 Å². The molecule has 5 heteroatoms. The fraction of sp³-hybridized carbons (Fsp3) is 0.750. The monoisotopic (exact) mass is 189 g/mol. The maximum Gasteiger partial charge on any atom is 0.303 e. The molecule has 0 aromatic heterocycles. The van der Waals surface area contributed by atoms with Crippen LogP contribution in [-0.2, 0) is 9.59 Å². The number of carbonyl (C=O) groups is 2. The van der Waals surface area contributed by atoms with Gasteiger partial charge in [0.05, 0.1) is 13.0 Å². The van der Waals surface area contributed by atoms with E-state index in [0.29, 0.717) is 6.54 Å². The number of nitrogens with zero attached hydrogens (tertiary/aromatic N) is 1.